The van der Waals surface area contributed by atoms with E-state index in [0.717, 1.165) is 0 Å². The molecule has 0 bridgehead atoms. The van der Waals surface area contributed by atoms with Gasteiger partial charge in [-0.15, -0.1) is 0 Å². The highest BCUT2D eigenvalue weighted by atomic mass is 16.6. The highest BCUT2D eigenvalue weighted by Crippen LogP contribution is 1.85. The van der Waals surface area contributed by atoms with Crippen molar-refractivity contribution >= 4 is 11.9 Å². The van der Waals surface area contributed by atoms with Crippen LogP contribution in [0.5, 0.6) is 0 Å². The standard InChI is InChI=1S/C6H9O4/c1-3-5(7)10-6(8)4-9-2/h1,3-4H2,2H3. The van der Waals surface area contributed by atoms with Crippen LogP contribution in [0.25, 0.3) is 0 Å². The van der Waals surface area contributed by atoms with Crippen LogP contribution in [-0.4, -0.2) is 25.7 Å². The molecule has 0 amide bonds. The molecule has 0 aromatic rings. The predicted molar refractivity (Wildman–Crippen MR) is 32.9 cm³/mol. The number of ether oxygens (including phenoxy) is 2. The van der Waals surface area contributed by atoms with Crippen molar-refractivity contribution in [3.05, 3.63) is 6.92 Å². The Morgan fingerprint density at radius 3 is 2.40 bits per heavy atom. The van der Waals surface area contributed by atoms with Crippen molar-refractivity contribution in [2.75, 3.05) is 13.7 Å². The zero-order valence-electron chi connectivity index (χ0n) is 5.75. The summed E-state index contributed by atoms with van der Waals surface area (Å²) in [7, 11) is 1.34. The van der Waals surface area contributed by atoms with Crippen molar-refractivity contribution in [1.82, 2.24) is 0 Å². The molecule has 0 aromatic heterocycles. The molecule has 0 heterocycles. The Bertz CT molecular complexity index is 130. The lowest BCUT2D eigenvalue weighted by molar-refractivity contribution is -0.161. The second-order valence-corrected chi connectivity index (χ2v) is 1.53. The number of rotatable bonds is 3. The third-order valence-corrected chi connectivity index (χ3v) is 0.694. The van der Waals surface area contributed by atoms with Crippen molar-refractivity contribution in [1.29, 1.82) is 0 Å². The zero-order chi connectivity index (χ0) is 7.98. The third kappa shape index (κ3) is 4.03. The van der Waals surface area contributed by atoms with Crippen molar-refractivity contribution in [2.24, 2.45) is 0 Å². The van der Waals surface area contributed by atoms with Crippen LogP contribution in [-0.2, 0) is 19.1 Å². The molecule has 0 atom stereocenters. The maximum absolute atomic E-state index is 10.4. The molecule has 0 rings (SSSR count). The molecule has 4 nitrogen and oxygen atoms in total. The Morgan fingerprint density at radius 1 is 1.40 bits per heavy atom. The monoisotopic (exact) mass is 145 g/mol. The first-order valence-electron chi connectivity index (χ1n) is 2.72. The second kappa shape index (κ2) is 4.93. The van der Waals surface area contributed by atoms with Gasteiger partial charge in [0.15, 0.2) is 0 Å². The van der Waals surface area contributed by atoms with Crippen LogP contribution in [0.1, 0.15) is 6.42 Å². The zero-order valence-corrected chi connectivity index (χ0v) is 5.75. The largest absolute Gasteiger partial charge is 0.391 e. The third-order valence-electron chi connectivity index (χ3n) is 0.694. The summed E-state index contributed by atoms with van der Waals surface area (Å²) in [6.45, 7) is 3.03. The number of esters is 2. The van der Waals surface area contributed by atoms with Crippen LogP contribution >= 0.6 is 0 Å². The molecule has 10 heavy (non-hydrogen) atoms. The normalized spacial score (nSPS) is 9.00. The quantitative estimate of drug-likeness (QED) is 0.412. The van der Waals surface area contributed by atoms with E-state index in [4.69, 9.17) is 0 Å². The summed E-state index contributed by atoms with van der Waals surface area (Å²) in [6, 6.07) is 0. The van der Waals surface area contributed by atoms with E-state index in [1.165, 1.54) is 7.11 Å². The average molecular weight is 145 g/mol. The number of methoxy groups -OCH3 is 1. The highest BCUT2D eigenvalue weighted by molar-refractivity contribution is 5.86. The van der Waals surface area contributed by atoms with E-state index in [0.29, 0.717) is 0 Å². The van der Waals surface area contributed by atoms with Gasteiger partial charge in [0, 0.05) is 13.5 Å². The summed E-state index contributed by atoms with van der Waals surface area (Å²) in [4.78, 5) is 20.8. The maximum atomic E-state index is 10.4. The van der Waals surface area contributed by atoms with E-state index in [1.807, 2.05) is 0 Å². The molecule has 0 saturated carbocycles. The lowest BCUT2D eigenvalue weighted by atomic mass is 10.5. The summed E-state index contributed by atoms with van der Waals surface area (Å²) in [5.41, 5.74) is 0. The second-order valence-electron chi connectivity index (χ2n) is 1.53. The van der Waals surface area contributed by atoms with Crippen LogP contribution in [0.2, 0.25) is 0 Å². The number of hydrogen-bond donors (Lipinski definition) is 0. The van der Waals surface area contributed by atoms with Crippen molar-refractivity contribution in [3.63, 3.8) is 0 Å². The summed E-state index contributed by atoms with van der Waals surface area (Å²) >= 11 is 0. The minimum atomic E-state index is -0.684. The minimum Gasteiger partial charge on any atom is -0.391 e. The summed E-state index contributed by atoms with van der Waals surface area (Å²) < 4.78 is 8.58. The van der Waals surface area contributed by atoms with E-state index >= 15 is 0 Å². The van der Waals surface area contributed by atoms with Gasteiger partial charge in [0.25, 0.3) is 0 Å². The predicted octanol–water partition coefficient (Wildman–Crippen LogP) is -0.0732. The van der Waals surface area contributed by atoms with Crippen LogP contribution in [0.4, 0.5) is 0 Å². The SMILES string of the molecule is [CH2]CC(=O)OC(=O)COC. The van der Waals surface area contributed by atoms with E-state index in [-0.39, 0.29) is 13.0 Å². The molecule has 0 unspecified atom stereocenters. The fourth-order valence-electron chi connectivity index (χ4n) is 0.325. The Labute approximate surface area is 59.1 Å². The molecular weight excluding hydrogens is 136 g/mol. The fraction of sp³-hybridized carbons (Fsp3) is 0.500. The Kier molecular flexibility index (Phi) is 4.49. The topological polar surface area (TPSA) is 52.6 Å². The van der Waals surface area contributed by atoms with Crippen LogP contribution < -0.4 is 0 Å². The van der Waals surface area contributed by atoms with Gasteiger partial charge in [-0.2, -0.15) is 0 Å². The number of hydrogen-bond acceptors (Lipinski definition) is 4. The summed E-state index contributed by atoms with van der Waals surface area (Å²) in [5, 5.41) is 0. The average Bonchev–Trinajstić information content (AvgIpc) is 1.88. The smallest absolute Gasteiger partial charge is 0.339 e. The Balaban J connectivity index is 3.47. The minimum absolute atomic E-state index is 0.0462. The van der Waals surface area contributed by atoms with Crippen LogP contribution in [0.15, 0.2) is 0 Å². The molecule has 0 saturated heterocycles. The van der Waals surface area contributed by atoms with E-state index < -0.39 is 11.9 Å². The van der Waals surface area contributed by atoms with Crippen molar-refractivity contribution < 1.29 is 19.1 Å². The Morgan fingerprint density at radius 2 is 2.00 bits per heavy atom. The van der Waals surface area contributed by atoms with Gasteiger partial charge >= 0.3 is 11.9 Å². The Hall–Kier alpha value is -0.900. The van der Waals surface area contributed by atoms with Crippen molar-refractivity contribution in [3.8, 4) is 0 Å². The van der Waals surface area contributed by atoms with Gasteiger partial charge in [0.05, 0.1) is 0 Å². The van der Waals surface area contributed by atoms with Gasteiger partial charge in [0.1, 0.15) is 6.61 Å². The summed E-state index contributed by atoms with van der Waals surface area (Å²) in [5.74, 6) is -1.32. The van der Waals surface area contributed by atoms with Gasteiger partial charge in [-0.3, -0.25) is 4.79 Å². The molecule has 57 valence electrons. The van der Waals surface area contributed by atoms with Gasteiger partial charge < -0.3 is 9.47 Å². The summed E-state index contributed by atoms with van der Waals surface area (Å²) in [6.07, 6.45) is -0.0462. The first kappa shape index (κ1) is 9.10. The van der Waals surface area contributed by atoms with Crippen LogP contribution in [0.3, 0.4) is 0 Å². The van der Waals surface area contributed by atoms with E-state index in [9.17, 15) is 9.59 Å². The molecule has 0 aromatic carbocycles. The van der Waals surface area contributed by atoms with Crippen molar-refractivity contribution in [2.45, 2.75) is 6.42 Å². The molecule has 0 N–H and O–H groups in total. The van der Waals surface area contributed by atoms with Gasteiger partial charge in [-0.1, -0.05) is 0 Å². The number of carbonyl (C=O) groups excluding carboxylic acids is 2. The molecule has 0 aliphatic heterocycles. The lowest BCUT2D eigenvalue weighted by Gasteiger charge is -1.97. The molecular formula is C6H9O4. The molecule has 0 fully saturated rings. The number of carbonyl (C=O) groups is 2. The molecule has 0 aliphatic carbocycles. The first-order chi connectivity index (χ1) is 4.70. The molecule has 1 radical (unpaired) electrons. The van der Waals surface area contributed by atoms with E-state index in [1.54, 1.807) is 0 Å². The van der Waals surface area contributed by atoms with E-state index in [2.05, 4.69) is 16.4 Å². The maximum Gasteiger partial charge on any atom is 0.339 e. The first-order valence-corrected chi connectivity index (χ1v) is 2.72. The van der Waals surface area contributed by atoms with Gasteiger partial charge in [-0.05, 0) is 6.92 Å². The molecule has 0 aliphatic rings. The fourth-order valence-corrected chi connectivity index (χ4v) is 0.325. The highest BCUT2D eigenvalue weighted by Gasteiger charge is 2.06. The van der Waals surface area contributed by atoms with Crippen LogP contribution in [0, 0.1) is 6.92 Å². The molecule has 4 heteroatoms. The molecule has 0 spiro atoms. The van der Waals surface area contributed by atoms with Gasteiger partial charge in [0.2, 0.25) is 0 Å². The van der Waals surface area contributed by atoms with Gasteiger partial charge in [-0.25, -0.2) is 4.79 Å². The lowest BCUT2D eigenvalue weighted by Crippen LogP contribution is -2.15.